The largest absolute Gasteiger partial charge is 0.453 e. The first-order valence-electron chi connectivity index (χ1n) is 19.9. The summed E-state index contributed by atoms with van der Waals surface area (Å²) in [6.45, 7) is 10.8. The van der Waals surface area contributed by atoms with E-state index in [-0.39, 0.29) is 30.0 Å². The minimum atomic E-state index is -0.664. The molecule has 0 spiro atoms. The summed E-state index contributed by atoms with van der Waals surface area (Å²) < 4.78 is 10.5. The van der Waals surface area contributed by atoms with Crippen LogP contribution in [0.5, 0.6) is 0 Å². The van der Waals surface area contributed by atoms with Crippen LogP contribution in [0, 0.1) is 5.92 Å². The van der Waals surface area contributed by atoms with E-state index in [0.29, 0.717) is 13.1 Å². The molecule has 1 aromatic heterocycles. The lowest BCUT2D eigenvalue weighted by Gasteiger charge is -2.29. The molecular formula is C44H52N7O5+. The molecule has 12 nitrogen and oxygen atoms in total. The van der Waals surface area contributed by atoms with Gasteiger partial charge in [0.2, 0.25) is 11.7 Å². The molecule has 56 heavy (non-hydrogen) atoms. The fraction of sp³-hybridized carbons (Fsp3) is 0.432. The van der Waals surface area contributed by atoms with Gasteiger partial charge < -0.3 is 24.7 Å². The van der Waals surface area contributed by atoms with Crippen LogP contribution < -0.4 is 10.6 Å². The fourth-order valence-corrected chi connectivity index (χ4v) is 8.59. The summed E-state index contributed by atoms with van der Waals surface area (Å²) in [5.41, 5.74) is 8.41. The quantitative estimate of drug-likeness (QED) is 0.191. The van der Waals surface area contributed by atoms with Crippen LogP contribution in [-0.2, 0) is 27.1 Å². The van der Waals surface area contributed by atoms with Crippen LogP contribution in [-0.4, -0.2) is 81.6 Å². The molecule has 0 unspecified atom stereocenters. The van der Waals surface area contributed by atoms with Gasteiger partial charge in [-0.3, -0.25) is 15.0 Å². The Hall–Kier alpha value is -5.49. The van der Waals surface area contributed by atoms with Crippen LogP contribution in [0.3, 0.4) is 0 Å². The van der Waals surface area contributed by atoms with E-state index in [4.69, 9.17) is 19.5 Å². The molecule has 3 amide bonds. The summed E-state index contributed by atoms with van der Waals surface area (Å²) in [5.74, 6) is 1.52. The Balaban J connectivity index is 0.952. The number of nitrogens with one attached hydrogen (secondary N) is 2. The molecule has 4 aromatic rings. The summed E-state index contributed by atoms with van der Waals surface area (Å²) in [5, 5.41) is 7.11. The zero-order valence-electron chi connectivity index (χ0n) is 33.1. The first-order chi connectivity index (χ1) is 26.9. The minimum absolute atomic E-state index is 0.0852. The second-order valence-corrected chi connectivity index (χ2v) is 16.8. The number of fused-ring (bicyclic) bond motifs is 4. The second kappa shape index (κ2) is 14.9. The van der Waals surface area contributed by atoms with Gasteiger partial charge in [0.1, 0.15) is 23.5 Å². The summed E-state index contributed by atoms with van der Waals surface area (Å²) in [6, 6.07) is 18.9. The monoisotopic (exact) mass is 758 g/mol. The molecule has 4 N–H and O–H groups in total. The zero-order valence-corrected chi connectivity index (χ0v) is 33.1. The average molecular weight is 759 g/mol. The van der Waals surface area contributed by atoms with E-state index in [1.54, 1.807) is 0 Å². The maximum Gasteiger partial charge on any atom is 0.410 e. The molecule has 0 saturated carbocycles. The summed E-state index contributed by atoms with van der Waals surface area (Å²) in [4.78, 5) is 55.7. The first-order valence-corrected chi connectivity index (χ1v) is 19.9. The molecule has 0 radical (unpaired) electrons. The van der Waals surface area contributed by atoms with E-state index >= 15 is 0 Å². The number of likely N-dealkylation sites (tertiary alicyclic amines) is 2. The van der Waals surface area contributed by atoms with Gasteiger partial charge in [0, 0.05) is 29.9 Å². The molecule has 3 aliphatic heterocycles. The standard InChI is InChI=1S/C44H51N7O5/c1-25(2)37(49-42(53)55-6)41(52)50-19-7-9-35(50)39-45-24-34(47-39)31-14-13-27-21-26(11-12-28(27)23-31)29-15-17-32-30(22-29)16-18-33-38(32)48-40(46-33)36-10-8-20-51(36)43(54)56-44(3,4)5/h11-15,17,21-25,35-37H,7-10,16,18-20H2,1-6H3,(H,45,47)(H,46,48)(H,49,53)/p+1/t35-,36-,37-/m0/s1. The number of carbonyl (C=O) groups is 3. The predicted molar refractivity (Wildman–Crippen MR) is 216 cm³/mol. The lowest BCUT2D eigenvalue weighted by Crippen LogP contribution is -2.87. The van der Waals surface area contributed by atoms with E-state index in [1.807, 2.05) is 50.6 Å². The molecule has 1 aliphatic carbocycles. The van der Waals surface area contributed by atoms with Gasteiger partial charge in [0.05, 0.1) is 25.0 Å². The number of rotatable bonds is 7. The Kier molecular flexibility index (Phi) is 9.94. The normalized spacial score (nSPS) is 19.8. The van der Waals surface area contributed by atoms with E-state index in [2.05, 4.69) is 70.2 Å². The molecule has 2 fully saturated rings. The first kappa shape index (κ1) is 37.4. The van der Waals surface area contributed by atoms with Gasteiger partial charge in [-0.25, -0.2) is 19.6 Å². The smallest absolute Gasteiger partial charge is 0.410 e. The maximum absolute atomic E-state index is 13.6. The van der Waals surface area contributed by atoms with E-state index < -0.39 is 17.7 Å². The number of H-pyrrole nitrogens is 1. The van der Waals surface area contributed by atoms with Crippen LogP contribution in [0.25, 0.3) is 38.9 Å². The van der Waals surface area contributed by atoms with Crippen molar-refractivity contribution in [1.82, 2.24) is 25.1 Å². The van der Waals surface area contributed by atoms with Crippen molar-refractivity contribution in [3.8, 4) is 22.4 Å². The summed E-state index contributed by atoms with van der Waals surface area (Å²) in [6.07, 6.45) is 6.29. The number of imidazole rings is 1. The third-order valence-corrected chi connectivity index (χ3v) is 11.4. The Morgan fingerprint density at radius 3 is 2.30 bits per heavy atom. The van der Waals surface area contributed by atoms with Gasteiger partial charge in [-0.15, -0.1) is 0 Å². The second-order valence-electron chi connectivity index (χ2n) is 16.8. The van der Waals surface area contributed by atoms with Gasteiger partial charge in [-0.1, -0.05) is 50.2 Å². The van der Waals surface area contributed by atoms with Crippen LogP contribution in [0.15, 0.2) is 65.8 Å². The number of aromatic nitrogens is 2. The fourth-order valence-electron chi connectivity index (χ4n) is 8.59. The highest BCUT2D eigenvalue weighted by Gasteiger charge is 2.41. The third kappa shape index (κ3) is 7.30. The van der Waals surface area contributed by atoms with Crippen molar-refractivity contribution < 1.29 is 29.2 Å². The number of amides is 3. The number of quaternary nitrogens is 1. The van der Waals surface area contributed by atoms with E-state index in [9.17, 15) is 14.4 Å². The van der Waals surface area contributed by atoms with Crippen molar-refractivity contribution in [3.05, 3.63) is 83.4 Å². The molecule has 4 aliphatic rings. The molecule has 0 bridgehead atoms. The average Bonchev–Trinajstić information content (AvgIpc) is 4.01. The topological polar surface area (TPSA) is 146 Å². The van der Waals surface area contributed by atoms with Crippen LogP contribution in [0.2, 0.25) is 0 Å². The lowest BCUT2D eigenvalue weighted by atomic mass is 9.89. The number of nitrogens with zero attached hydrogens (tertiary/aromatic N) is 4. The summed E-state index contributed by atoms with van der Waals surface area (Å²) in [7, 11) is 1.30. The number of ether oxygens (including phenoxy) is 2. The van der Waals surface area contributed by atoms with Gasteiger partial charge in [-0.05, 0) is 111 Å². The minimum Gasteiger partial charge on any atom is -0.453 e. The molecular weight excluding hydrogens is 707 g/mol. The Morgan fingerprint density at radius 2 is 1.57 bits per heavy atom. The molecule has 8 rings (SSSR count). The van der Waals surface area contributed by atoms with Crippen molar-refractivity contribution in [1.29, 1.82) is 0 Å². The molecule has 3 atom stereocenters. The summed E-state index contributed by atoms with van der Waals surface area (Å²) >= 11 is 0. The van der Waals surface area contributed by atoms with Crippen LogP contribution in [0.4, 0.5) is 9.59 Å². The lowest BCUT2D eigenvalue weighted by molar-refractivity contribution is -0.435. The number of aryl methyl sites for hydroxylation is 2. The van der Waals surface area contributed by atoms with Gasteiger partial charge in [0.15, 0.2) is 5.70 Å². The number of methoxy groups -OCH3 is 1. The molecule has 12 heteroatoms. The van der Waals surface area contributed by atoms with Crippen molar-refractivity contribution in [2.45, 2.75) is 96.9 Å². The number of carbonyl (C=O) groups excluding carboxylic acids is 3. The van der Waals surface area contributed by atoms with Gasteiger partial charge in [-0.2, -0.15) is 0 Å². The number of aliphatic imine (C=N–C) groups is 1. The number of benzene rings is 3. The highest BCUT2D eigenvalue weighted by atomic mass is 16.6. The SMILES string of the molecule is COC(=O)N[C@H](C(=O)N1CCC[C@H]1C1=NC=C(c2ccc3cc(-c4ccc5c(c4)CCc4[nH]c([C@@H]6CCCN6C(=O)OC(C)(C)C)nc4-5)ccc3c2)[NH2+]1)C(C)C. The van der Waals surface area contributed by atoms with Crippen molar-refractivity contribution in [3.63, 3.8) is 0 Å². The molecule has 2 saturated heterocycles. The highest BCUT2D eigenvalue weighted by Crippen LogP contribution is 2.39. The molecule has 292 valence electrons. The van der Waals surface area contributed by atoms with E-state index in [1.165, 1.54) is 18.2 Å². The number of nitrogens with two attached hydrogens (primary N) is 1. The van der Waals surface area contributed by atoms with Gasteiger partial charge in [0.25, 0.3) is 0 Å². The van der Waals surface area contributed by atoms with Crippen molar-refractivity contribution >= 4 is 40.4 Å². The number of aromatic amines is 1. The maximum atomic E-state index is 13.6. The number of hydrogen-bond acceptors (Lipinski definition) is 7. The third-order valence-electron chi connectivity index (χ3n) is 11.4. The Morgan fingerprint density at radius 1 is 0.893 bits per heavy atom. The molecule has 3 aromatic carbocycles. The highest BCUT2D eigenvalue weighted by molar-refractivity contribution is 5.95. The number of alkyl carbamates (subject to hydrolysis) is 1. The number of hydrogen-bond donors (Lipinski definition) is 3. The Bertz CT molecular complexity index is 2270. The van der Waals surface area contributed by atoms with E-state index in [0.717, 1.165) is 94.7 Å². The molecule has 4 heterocycles. The zero-order chi connectivity index (χ0) is 39.3. The van der Waals surface area contributed by atoms with Crippen LogP contribution in [0.1, 0.15) is 89.0 Å². The predicted octanol–water partition coefficient (Wildman–Crippen LogP) is 6.71. The van der Waals surface area contributed by atoms with Gasteiger partial charge >= 0.3 is 12.2 Å². The Labute approximate surface area is 327 Å². The van der Waals surface area contributed by atoms with Crippen molar-refractivity contribution in [2.75, 3.05) is 20.2 Å². The van der Waals surface area contributed by atoms with Crippen molar-refractivity contribution in [2.24, 2.45) is 10.9 Å². The number of amidine groups is 1. The van der Waals surface area contributed by atoms with Crippen LogP contribution >= 0.6 is 0 Å².